The van der Waals surface area contributed by atoms with Crippen molar-refractivity contribution in [3.8, 4) is 0 Å². The summed E-state index contributed by atoms with van der Waals surface area (Å²) in [6.45, 7) is 4.80. The highest BCUT2D eigenvalue weighted by atomic mass is 16.4. The lowest BCUT2D eigenvalue weighted by Crippen LogP contribution is -2.25. The number of carboxylic acid groups (broad SMARTS) is 1. The predicted octanol–water partition coefficient (Wildman–Crippen LogP) is 1.41. The lowest BCUT2D eigenvalue weighted by molar-refractivity contribution is -0.132. The van der Waals surface area contributed by atoms with Gasteiger partial charge in [0.05, 0.1) is 0 Å². The van der Waals surface area contributed by atoms with E-state index in [1.54, 1.807) is 0 Å². The average Bonchev–Trinajstić information content (AvgIpc) is 2.56. The summed E-state index contributed by atoms with van der Waals surface area (Å²) >= 11 is 0. The van der Waals surface area contributed by atoms with Gasteiger partial charge in [-0.15, -0.1) is 0 Å². The van der Waals surface area contributed by atoms with Crippen molar-refractivity contribution >= 4 is 5.97 Å². The molecule has 1 aliphatic rings. The smallest absolute Gasteiger partial charge is 0.332 e. The van der Waals surface area contributed by atoms with E-state index in [0.29, 0.717) is 6.54 Å². The molecule has 0 aliphatic heterocycles. The number of nitrogens with one attached hydrogen (secondary N) is 1. The van der Waals surface area contributed by atoms with Crippen molar-refractivity contribution in [2.75, 3.05) is 13.1 Å². The first kappa shape index (κ1) is 10.3. The Balaban J connectivity index is 2.06. The summed E-state index contributed by atoms with van der Waals surface area (Å²) in [5.41, 5.74) is 0.248. The van der Waals surface area contributed by atoms with Crippen LogP contribution in [0.2, 0.25) is 0 Å². The summed E-state index contributed by atoms with van der Waals surface area (Å²) in [5, 5.41) is 11.7. The third-order valence-corrected chi connectivity index (χ3v) is 2.55. The number of aliphatic carboxylic acids is 1. The van der Waals surface area contributed by atoms with Gasteiger partial charge in [0, 0.05) is 12.1 Å². The van der Waals surface area contributed by atoms with Crippen LogP contribution in [0.1, 0.15) is 25.7 Å². The number of hydrogen-bond donors (Lipinski definition) is 2. The minimum absolute atomic E-state index is 0.248. The van der Waals surface area contributed by atoms with Gasteiger partial charge in [-0.3, -0.25) is 0 Å². The second-order valence-electron chi connectivity index (χ2n) is 3.69. The van der Waals surface area contributed by atoms with Crippen LogP contribution in [-0.2, 0) is 4.79 Å². The van der Waals surface area contributed by atoms with E-state index in [4.69, 9.17) is 5.11 Å². The van der Waals surface area contributed by atoms with Crippen LogP contribution in [0.4, 0.5) is 0 Å². The molecule has 0 saturated heterocycles. The quantitative estimate of drug-likeness (QED) is 0.633. The number of carbonyl (C=O) groups is 1. The Morgan fingerprint density at radius 3 is 2.62 bits per heavy atom. The fraction of sp³-hybridized carbons (Fsp3) is 0.700. The molecule has 0 aromatic heterocycles. The Kier molecular flexibility index (Phi) is 3.96. The summed E-state index contributed by atoms with van der Waals surface area (Å²) in [5.74, 6) is -0.152. The molecular formula is C10H17NO2. The second kappa shape index (κ2) is 5.02. The Labute approximate surface area is 78.8 Å². The van der Waals surface area contributed by atoms with Crippen molar-refractivity contribution in [1.82, 2.24) is 5.32 Å². The minimum atomic E-state index is -0.904. The molecule has 0 bridgehead atoms. The molecule has 1 saturated carbocycles. The molecule has 1 rings (SSSR count). The first-order chi connectivity index (χ1) is 6.20. The molecule has 0 heterocycles. The number of hydrogen-bond acceptors (Lipinski definition) is 2. The fourth-order valence-electron chi connectivity index (χ4n) is 1.72. The maximum atomic E-state index is 10.4. The molecule has 74 valence electrons. The van der Waals surface area contributed by atoms with Gasteiger partial charge in [0.1, 0.15) is 0 Å². The third-order valence-electron chi connectivity index (χ3n) is 2.55. The van der Waals surface area contributed by atoms with Crippen LogP contribution < -0.4 is 5.32 Å². The summed E-state index contributed by atoms with van der Waals surface area (Å²) in [4.78, 5) is 10.4. The average molecular weight is 183 g/mol. The predicted molar refractivity (Wildman–Crippen MR) is 51.6 cm³/mol. The summed E-state index contributed by atoms with van der Waals surface area (Å²) < 4.78 is 0. The monoisotopic (exact) mass is 183 g/mol. The molecule has 3 nitrogen and oxygen atoms in total. The lowest BCUT2D eigenvalue weighted by atomic mass is 10.1. The van der Waals surface area contributed by atoms with Gasteiger partial charge >= 0.3 is 5.97 Å². The molecule has 2 N–H and O–H groups in total. The van der Waals surface area contributed by atoms with Gasteiger partial charge in [0.2, 0.25) is 0 Å². The topological polar surface area (TPSA) is 49.3 Å². The van der Waals surface area contributed by atoms with Gasteiger partial charge in [-0.05, 0) is 25.3 Å². The van der Waals surface area contributed by atoms with Crippen LogP contribution in [0, 0.1) is 5.92 Å². The van der Waals surface area contributed by atoms with Crippen molar-refractivity contribution < 1.29 is 9.90 Å². The SMILES string of the molecule is C=C(CNCC1CCCC1)C(=O)O. The van der Waals surface area contributed by atoms with Gasteiger partial charge in [0.15, 0.2) is 0 Å². The highest BCUT2D eigenvalue weighted by Gasteiger charge is 2.14. The van der Waals surface area contributed by atoms with Crippen molar-refractivity contribution in [2.24, 2.45) is 5.92 Å². The van der Waals surface area contributed by atoms with Crippen LogP contribution in [0.5, 0.6) is 0 Å². The second-order valence-corrected chi connectivity index (χ2v) is 3.69. The Hall–Kier alpha value is -0.830. The molecule has 1 fully saturated rings. The van der Waals surface area contributed by atoms with Crippen LogP contribution in [-0.4, -0.2) is 24.2 Å². The maximum absolute atomic E-state index is 10.4. The maximum Gasteiger partial charge on any atom is 0.332 e. The summed E-state index contributed by atoms with van der Waals surface area (Å²) in [7, 11) is 0. The molecule has 0 aromatic carbocycles. The zero-order valence-electron chi connectivity index (χ0n) is 7.88. The normalized spacial score (nSPS) is 17.5. The third kappa shape index (κ3) is 3.59. The zero-order chi connectivity index (χ0) is 9.68. The van der Waals surface area contributed by atoms with E-state index in [9.17, 15) is 4.79 Å². The highest BCUT2D eigenvalue weighted by Crippen LogP contribution is 2.23. The fourth-order valence-corrected chi connectivity index (χ4v) is 1.72. The molecule has 0 unspecified atom stereocenters. The zero-order valence-corrected chi connectivity index (χ0v) is 7.88. The first-order valence-corrected chi connectivity index (χ1v) is 4.82. The molecule has 1 aliphatic carbocycles. The standard InChI is InChI=1S/C10H17NO2/c1-8(10(12)13)6-11-7-9-4-2-3-5-9/h9,11H,1-7H2,(H,12,13). The number of carboxylic acids is 1. The molecule has 0 radical (unpaired) electrons. The van der Waals surface area contributed by atoms with Crippen molar-refractivity contribution in [3.63, 3.8) is 0 Å². The van der Waals surface area contributed by atoms with Crippen molar-refractivity contribution in [1.29, 1.82) is 0 Å². The van der Waals surface area contributed by atoms with Crippen LogP contribution in [0.25, 0.3) is 0 Å². The summed E-state index contributed by atoms with van der Waals surface area (Å²) in [6.07, 6.45) is 5.22. The largest absolute Gasteiger partial charge is 0.478 e. The van der Waals surface area contributed by atoms with Crippen LogP contribution >= 0.6 is 0 Å². The van der Waals surface area contributed by atoms with Gasteiger partial charge in [0.25, 0.3) is 0 Å². The van der Waals surface area contributed by atoms with E-state index in [-0.39, 0.29) is 5.57 Å². The van der Waals surface area contributed by atoms with Gasteiger partial charge in [-0.25, -0.2) is 4.79 Å². The van der Waals surface area contributed by atoms with Crippen LogP contribution in [0.15, 0.2) is 12.2 Å². The van der Waals surface area contributed by atoms with E-state index in [2.05, 4.69) is 11.9 Å². The lowest BCUT2D eigenvalue weighted by Gasteiger charge is -2.09. The van der Waals surface area contributed by atoms with Crippen molar-refractivity contribution in [2.45, 2.75) is 25.7 Å². The van der Waals surface area contributed by atoms with E-state index >= 15 is 0 Å². The van der Waals surface area contributed by atoms with Gasteiger partial charge in [-0.2, -0.15) is 0 Å². The molecular weight excluding hydrogens is 166 g/mol. The molecule has 3 heteroatoms. The van der Waals surface area contributed by atoms with E-state index in [0.717, 1.165) is 12.5 Å². The van der Waals surface area contributed by atoms with Crippen LogP contribution in [0.3, 0.4) is 0 Å². The first-order valence-electron chi connectivity index (χ1n) is 4.82. The Morgan fingerprint density at radius 2 is 2.08 bits per heavy atom. The molecule has 13 heavy (non-hydrogen) atoms. The van der Waals surface area contributed by atoms with Crippen molar-refractivity contribution in [3.05, 3.63) is 12.2 Å². The highest BCUT2D eigenvalue weighted by molar-refractivity contribution is 5.86. The van der Waals surface area contributed by atoms with E-state index < -0.39 is 5.97 Å². The molecule has 0 spiro atoms. The minimum Gasteiger partial charge on any atom is -0.478 e. The van der Waals surface area contributed by atoms with E-state index in [1.165, 1.54) is 25.7 Å². The summed E-state index contributed by atoms with van der Waals surface area (Å²) in [6, 6.07) is 0. The van der Waals surface area contributed by atoms with E-state index in [1.807, 2.05) is 0 Å². The van der Waals surface area contributed by atoms with Gasteiger partial charge < -0.3 is 10.4 Å². The molecule has 0 amide bonds. The number of rotatable bonds is 5. The Morgan fingerprint density at radius 1 is 1.46 bits per heavy atom. The molecule has 0 atom stereocenters. The Bertz CT molecular complexity index is 195. The molecule has 0 aromatic rings. The van der Waals surface area contributed by atoms with Gasteiger partial charge in [-0.1, -0.05) is 19.4 Å².